The molecule has 4 atom stereocenters. The number of phenols is 1. The van der Waals surface area contributed by atoms with E-state index < -0.39 is 24.0 Å². The number of carbonyl (C=O) groups is 3. The third kappa shape index (κ3) is 6.49. The number of hydrogen-bond acceptors (Lipinski definition) is 5. The summed E-state index contributed by atoms with van der Waals surface area (Å²) in [7, 11) is 4.13. The molecule has 2 aliphatic heterocycles. The Morgan fingerprint density at radius 1 is 1.03 bits per heavy atom. The molecule has 8 heteroatoms. The van der Waals surface area contributed by atoms with Crippen LogP contribution in [0.5, 0.6) is 5.75 Å². The molecule has 0 unspecified atom stereocenters. The van der Waals surface area contributed by atoms with Gasteiger partial charge in [0, 0.05) is 13.0 Å². The van der Waals surface area contributed by atoms with Gasteiger partial charge in [-0.1, -0.05) is 55.3 Å². The zero-order chi connectivity index (χ0) is 26.4. The van der Waals surface area contributed by atoms with Crippen molar-refractivity contribution in [3.8, 4) is 5.75 Å². The first kappa shape index (κ1) is 26.7. The van der Waals surface area contributed by atoms with Crippen LogP contribution in [0.15, 0.2) is 54.6 Å². The Bertz CT molecular complexity index is 1070. The Kier molecular flexibility index (Phi) is 8.82. The average Bonchev–Trinajstić information content (AvgIpc) is 3.29. The number of nitrogens with one attached hydrogen (secondary N) is 2. The average molecular weight is 507 g/mol. The number of fused-ring (bicyclic) bond motifs is 1. The summed E-state index contributed by atoms with van der Waals surface area (Å²) in [4.78, 5) is 44.0. The molecule has 198 valence electrons. The minimum absolute atomic E-state index is 0.109. The van der Waals surface area contributed by atoms with E-state index in [1.165, 1.54) is 0 Å². The lowest BCUT2D eigenvalue weighted by atomic mass is 9.92. The summed E-state index contributed by atoms with van der Waals surface area (Å²) in [5, 5.41) is 15.8. The molecule has 0 radical (unpaired) electrons. The fraction of sp³-hybridized carbons (Fsp3) is 0.483. The van der Waals surface area contributed by atoms with Gasteiger partial charge in [0.15, 0.2) is 0 Å². The van der Waals surface area contributed by atoms with Crippen molar-refractivity contribution in [1.82, 2.24) is 20.4 Å². The van der Waals surface area contributed by atoms with Gasteiger partial charge in [0.2, 0.25) is 17.7 Å². The fourth-order valence-corrected chi connectivity index (χ4v) is 5.46. The molecule has 3 amide bonds. The van der Waals surface area contributed by atoms with Crippen LogP contribution in [0.4, 0.5) is 0 Å². The summed E-state index contributed by atoms with van der Waals surface area (Å²) < 4.78 is 0. The molecular weight excluding hydrogens is 468 g/mol. The lowest BCUT2D eigenvalue weighted by molar-refractivity contribution is -0.149. The standard InChI is InChI=1S/C29H38N4O4/c1-32(2)17-9-4-3-8-16-30-27(35)23-19-25-28(36)31-24(18-20-10-6-5-7-11-20)29(37)33(25)26(23)21-12-14-22(34)15-13-21/h5-7,10-15,23-26,34H,3-4,8-9,16-19H2,1-2H3,(H,30,35)(H,31,36)/t23-,24-,25-,26-/m0/s1. The Morgan fingerprint density at radius 3 is 2.43 bits per heavy atom. The molecule has 0 spiro atoms. The Labute approximate surface area is 219 Å². The first-order valence-corrected chi connectivity index (χ1v) is 13.2. The summed E-state index contributed by atoms with van der Waals surface area (Å²) in [6, 6.07) is 14.2. The van der Waals surface area contributed by atoms with Crippen LogP contribution in [-0.4, -0.2) is 71.9 Å². The van der Waals surface area contributed by atoms with Gasteiger partial charge in [-0.2, -0.15) is 0 Å². The van der Waals surface area contributed by atoms with E-state index in [4.69, 9.17) is 0 Å². The van der Waals surface area contributed by atoms with Gasteiger partial charge in [-0.25, -0.2) is 0 Å². The molecule has 0 aliphatic carbocycles. The third-order valence-corrected chi connectivity index (χ3v) is 7.35. The Hall–Kier alpha value is -3.39. The SMILES string of the molecule is CN(C)CCCCCCNC(=O)[C@H]1C[C@H]2C(=O)N[C@@H](Cc3ccccc3)C(=O)N2[C@H]1c1ccc(O)cc1. The van der Waals surface area contributed by atoms with Crippen molar-refractivity contribution < 1.29 is 19.5 Å². The lowest BCUT2D eigenvalue weighted by Gasteiger charge is -2.38. The minimum atomic E-state index is -0.694. The monoisotopic (exact) mass is 506 g/mol. The second-order valence-electron chi connectivity index (χ2n) is 10.4. The number of hydrogen-bond donors (Lipinski definition) is 3. The second-order valence-corrected chi connectivity index (χ2v) is 10.4. The van der Waals surface area contributed by atoms with E-state index in [1.54, 1.807) is 29.2 Å². The van der Waals surface area contributed by atoms with Crippen molar-refractivity contribution in [2.24, 2.45) is 5.92 Å². The van der Waals surface area contributed by atoms with E-state index in [9.17, 15) is 19.5 Å². The third-order valence-electron chi connectivity index (χ3n) is 7.35. The number of carbonyl (C=O) groups excluding carboxylic acids is 3. The van der Waals surface area contributed by atoms with Gasteiger partial charge in [-0.3, -0.25) is 14.4 Å². The second kappa shape index (κ2) is 12.2. The van der Waals surface area contributed by atoms with Gasteiger partial charge in [-0.15, -0.1) is 0 Å². The van der Waals surface area contributed by atoms with Crippen molar-refractivity contribution in [3.05, 3.63) is 65.7 Å². The number of rotatable bonds is 11. The quantitative estimate of drug-likeness (QED) is 0.407. The summed E-state index contributed by atoms with van der Waals surface area (Å²) in [5.74, 6) is -0.976. The van der Waals surface area contributed by atoms with E-state index >= 15 is 0 Å². The summed E-state index contributed by atoms with van der Waals surface area (Å²) in [6.07, 6.45) is 4.83. The van der Waals surface area contributed by atoms with Crippen LogP contribution in [0, 0.1) is 5.92 Å². The number of piperazine rings is 1. The zero-order valence-corrected chi connectivity index (χ0v) is 21.7. The van der Waals surface area contributed by atoms with Crippen LogP contribution >= 0.6 is 0 Å². The first-order valence-electron chi connectivity index (χ1n) is 13.2. The van der Waals surface area contributed by atoms with Crippen molar-refractivity contribution in [1.29, 1.82) is 0 Å². The molecule has 2 fully saturated rings. The van der Waals surface area contributed by atoms with Crippen molar-refractivity contribution in [2.45, 2.75) is 56.7 Å². The maximum atomic E-state index is 13.7. The topological polar surface area (TPSA) is 102 Å². The molecule has 8 nitrogen and oxygen atoms in total. The zero-order valence-electron chi connectivity index (χ0n) is 21.7. The minimum Gasteiger partial charge on any atom is -0.508 e. The molecule has 2 saturated heterocycles. The van der Waals surface area contributed by atoms with E-state index in [-0.39, 0.29) is 29.9 Å². The molecule has 37 heavy (non-hydrogen) atoms. The molecular formula is C29H38N4O4. The molecule has 2 aromatic carbocycles. The van der Waals surface area contributed by atoms with Crippen LogP contribution in [-0.2, 0) is 20.8 Å². The highest BCUT2D eigenvalue weighted by Gasteiger charge is 2.54. The highest BCUT2D eigenvalue weighted by atomic mass is 16.3. The number of phenolic OH excluding ortho intramolecular Hbond substituents is 1. The molecule has 0 saturated carbocycles. The molecule has 3 N–H and O–H groups in total. The van der Waals surface area contributed by atoms with Crippen LogP contribution < -0.4 is 10.6 Å². The molecule has 0 bridgehead atoms. The fourth-order valence-electron chi connectivity index (χ4n) is 5.46. The molecule has 2 aromatic rings. The highest BCUT2D eigenvalue weighted by molar-refractivity contribution is 5.99. The molecule has 2 heterocycles. The van der Waals surface area contributed by atoms with Gasteiger partial charge in [0.1, 0.15) is 17.8 Å². The summed E-state index contributed by atoms with van der Waals surface area (Å²) >= 11 is 0. The van der Waals surface area contributed by atoms with Gasteiger partial charge in [-0.05, 0) is 63.2 Å². The Balaban J connectivity index is 1.48. The van der Waals surface area contributed by atoms with Gasteiger partial charge in [0.05, 0.1) is 12.0 Å². The van der Waals surface area contributed by atoms with Crippen LogP contribution in [0.3, 0.4) is 0 Å². The smallest absolute Gasteiger partial charge is 0.246 e. The molecule has 2 aliphatic rings. The van der Waals surface area contributed by atoms with Crippen molar-refractivity contribution >= 4 is 17.7 Å². The number of benzene rings is 2. The highest BCUT2D eigenvalue weighted by Crippen LogP contribution is 2.43. The van der Waals surface area contributed by atoms with E-state index in [1.807, 2.05) is 30.3 Å². The van der Waals surface area contributed by atoms with Crippen LogP contribution in [0.25, 0.3) is 0 Å². The maximum Gasteiger partial charge on any atom is 0.246 e. The lowest BCUT2D eigenvalue weighted by Crippen LogP contribution is -2.62. The van der Waals surface area contributed by atoms with Crippen LogP contribution in [0.1, 0.15) is 49.3 Å². The van der Waals surface area contributed by atoms with Crippen molar-refractivity contribution in [3.63, 3.8) is 0 Å². The molecule has 0 aromatic heterocycles. The summed E-state index contributed by atoms with van der Waals surface area (Å²) in [6.45, 7) is 1.63. The van der Waals surface area contributed by atoms with Gasteiger partial charge in [0.25, 0.3) is 0 Å². The molecule has 4 rings (SSSR count). The number of aromatic hydroxyl groups is 1. The van der Waals surface area contributed by atoms with E-state index in [2.05, 4.69) is 29.6 Å². The normalized spacial score (nSPS) is 23.2. The largest absolute Gasteiger partial charge is 0.508 e. The number of amides is 3. The Morgan fingerprint density at radius 2 is 1.73 bits per heavy atom. The predicted octanol–water partition coefficient (Wildman–Crippen LogP) is 2.63. The maximum absolute atomic E-state index is 13.7. The van der Waals surface area contributed by atoms with Crippen molar-refractivity contribution in [2.75, 3.05) is 27.2 Å². The van der Waals surface area contributed by atoms with Crippen LogP contribution in [0.2, 0.25) is 0 Å². The van der Waals surface area contributed by atoms with E-state index in [0.717, 1.165) is 43.4 Å². The number of nitrogens with zero attached hydrogens (tertiary/aromatic N) is 2. The van der Waals surface area contributed by atoms with Gasteiger partial charge >= 0.3 is 0 Å². The predicted molar refractivity (Wildman–Crippen MR) is 142 cm³/mol. The van der Waals surface area contributed by atoms with E-state index in [0.29, 0.717) is 13.0 Å². The van der Waals surface area contributed by atoms with Gasteiger partial charge < -0.3 is 25.5 Å². The summed E-state index contributed by atoms with van der Waals surface area (Å²) in [5.41, 5.74) is 1.70. The first-order chi connectivity index (χ1) is 17.8. The number of unbranched alkanes of at least 4 members (excludes halogenated alkanes) is 3.